The maximum absolute atomic E-state index is 13.2. The van der Waals surface area contributed by atoms with Crippen LogP contribution in [0.3, 0.4) is 0 Å². The molecule has 2 N–H and O–H groups in total. The van der Waals surface area contributed by atoms with Gasteiger partial charge >= 0.3 is 5.97 Å². The Bertz CT molecular complexity index is 1190. The molecule has 29 heavy (non-hydrogen) atoms. The molecular formula is C21H20N2O5S. The van der Waals surface area contributed by atoms with E-state index in [4.69, 9.17) is 10.5 Å². The first-order valence-electron chi connectivity index (χ1n) is 8.74. The van der Waals surface area contributed by atoms with Crippen LogP contribution in [0.2, 0.25) is 0 Å². The molecule has 1 amide bonds. The number of hydrogen-bond donors (Lipinski definition) is 1. The molecule has 0 aliphatic carbocycles. The van der Waals surface area contributed by atoms with Gasteiger partial charge in [-0.1, -0.05) is 30.3 Å². The number of amides is 1. The number of esters is 1. The van der Waals surface area contributed by atoms with E-state index >= 15 is 0 Å². The second-order valence-electron chi connectivity index (χ2n) is 6.49. The number of nitrogens with zero attached hydrogens (tertiary/aromatic N) is 1. The van der Waals surface area contributed by atoms with Crippen molar-refractivity contribution in [2.24, 2.45) is 5.73 Å². The lowest BCUT2D eigenvalue weighted by Crippen LogP contribution is -2.26. The van der Waals surface area contributed by atoms with E-state index < -0.39 is 28.5 Å². The van der Waals surface area contributed by atoms with Gasteiger partial charge in [0.1, 0.15) is 0 Å². The number of carbonyl (C=O) groups is 2. The number of ether oxygens (including phenoxy) is 1. The number of aryl methyl sites for hydroxylation is 1. The zero-order valence-corrected chi connectivity index (χ0v) is 16.8. The molecule has 0 fully saturated rings. The van der Waals surface area contributed by atoms with Crippen molar-refractivity contribution in [3.05, 3.63) is 71.8 Å². The molecule has 0 bridgehead atoms. The first-order chi connectivity index (χ1) is 13.7. The van der Waals surface area contributed by atoms with Crippen LogP contribution >= 0.6 is 0 Å². The average molecular weight is 412 g/mol. The summed E-state index contributed by atoms with van der Waals surface area (Å²) in [5.41, 5.74) is 6.49. The van der Waals surface area contributed by atoms with Crippen LogP contribution in [0, 0.1) is 6.92 Å². The van der Waals surface area contributed by atoms with Crippen molar-refractivity contribution in [1.29, 1.82) is 0 Å². The number of carbonyl (C=O) groups excluding carboxylic acids is 2. The Morgan fingerprint density at radius 3 is 2.24 bits per heavy atom. The Morgan fingerprint density at radius 2 is 1.59 bits per heavy atom. The van der Waals surface area contributed by atoms with Gasteiger partial charge in [-0.2, -0.15) is 0 Å². The van der Waals surface area contributed by atoms with E-state index in [1.165, 1.54) is 31.3 Å². The maximum atomic E-state index is 13.2. The van der Waals surface area contributed by atoms with Gasteiger partial charge in [-0.15, -0.1) is 0 Å². The lowest BCUT2D eigenvalue weighted by atomic mass is 10.1. The summed E-state index contributed by atoms with van der Waals surface area (Å²) >= 11 is 0. The molecule has 0 saturated carbocycles. The Morgan fingerprint density at radius 1 is 0.966 bits per heavy atom. The lowest BCUT2D eigenvalue weighted by Gasteiger charge is -2.21. The van der Waals surface area contributed by atoms with Gasteiger partial charge in [0.2, 0.25) is 0 Å². The van der Waals surface area contributed by atoms with Gasteiger partial charge in [0, 0.05) is 12.4 Å². The topological polar surface area (TPSA) is 107 Å². The third-order valence-electron chi connectivity index (χ3n) is 4.55. The third kappa shape index (κ3) is 4.07. The van der Waals surface area contributed by atoms with Gasteiger partial charge in [-0.3, -0.25) is 9.10 Å². The fourth-order valence-electron chi connectivity index (χ4n) is 2.98. The summed E-state index contributed by atoms with van der Waals surface area (Å²) in [6.07, 6.45) is 0. The summed E-state index contributed by atoms with van der Waals surface area (Å²) in [6, 6.07) is 16.6. The molecule has 0 aliphatic rings. The van der Waals surface area contributed by atoms with Crippen LogP contribution in [-0.2, 0) is 19.6 Å². The number of hydrogen-bond acceptors (Lipinski definition) is 5. The fraction of sp³-hybridized carbons (Fsp3) is 0.143. The fourth-order valence-corrected chi connectivity index (χ4v) is 4.38. The van der Waals surface area contributed by atoms with Gasteiger partial charge in [-0.05, 0) is 48.2 Å². The highest BCUT2D eigenvalue weighted by Crippen LogP contribution is 2.29. The van der Waals surface area contributed by atoms with Crippen LogP contribution in [0.25, 0.3) is 10.8 Å². The predicted molar refractivity (Wildman–Crippen MR) is 110 cm³/mol. The molecule has 0 heterocycles. The van der Waals surface area contributed by atoms with E-state index in [2.05, 4.69) is 0 Å². The Kier molecular flexibility index (Phi) is 5.56. The zero-order chi connectivity index (χ0) is 21.2. The molecule has 150 valence electrons. The van der Waals surface area contributed by atoms with E-state index in [9.17, 15) is 18.0 Å². The minimum absolute atomic E-state index is 0.182. The molecule has 7 nitrogen and oxygen atoms in total. The van der Waals surface area contributed by atoms with Gasteiger partial charge in [0.05, 0.1) is 16.1 Å². The van der Waals surface area contributed by atoms with Gasteiger partial charge in [0.15, 0.2) is 6.61 Å². The number of anilines is 1. The van der Waals surface area contributed by atoms with Gasteiger partial charge in [-0.25, -0.2) is 13.2 Å². The average Bonchev–Trinajstić information content (AvgIpc) is 2.71. The largest absolute Gasteiger partial charge is 0.452 e. The summed E-state index contributed by atoms with van der Waals surface area (Å²) < 4.78 is 32.4. The van der Waals surface area contributed by atoms with Crippen LogP contribution < -0.4 is 10.0 Å². The molecule has 3 rings (SSSR count). The third-order valence-corrected chi connectivity index (χ3v) is 6.39. The number of sulfonamides is 1. The van der Waals surface area contributed by atoms with Crippen molar-refractivity contribution >= 4 is 38.4 Å². The molecule has 0 radical (unpaired) electrons. The van der Waals surface area contributed by atoms with E-state index in [1.807, 2.05) is 25.1 Å². The molecule has 3 aromatic carbocycles. The molecule has 0 spiro atoms. The van der Waals surface area contributed by atoms with E-state index in [0.717, 1.165) is 15.3 Å². The van der Waals surface area contributed by atoms with Crippen LogP contribution in [0.5, 0.6) is 0 Å². The van der Waals surface area contributed by atoms with Gasteiger partial charge < -0.3 is 10.5 Å². The van der Waals surface area contributed by atoms with Gasteiger partial charge in [0.25, 0.3) is 15.9 Å². The van der Waals surface area contributed by atoms with E-state index in [0.29, 0.717) is 11.1 Å². The highest BCUT2D eigenvalue weighted by molar-refractivity contribution is 7.93. The number of nitrogens with two attached hydrogens (primary N) is 1. The van der Waals surface area contributed by atoms with Crippen molar-refractivity contribution in [3.8, 4) is 0 Å². The maximum Gasteiger partial charge on any atom is 0.338 e. The molecule has 8 heteroatoms. The van der Waals surface area contributed by atoms with Crippen LogP contribution in [0.4, 0.5) is 5.69 Å². The Hall–Kier alpha value is -3.39. The minimum Gasteiger partial charge on any atom is -0.452 e. The van der Waals surface area contributed by atoms with Crippen molar-refractivity contribution in [2.75, 3.05) is 18.0 Å². The highest BCUT2D eigenvalue weighted by atomic mass is 32.2. The SMILES string of the molecule is Cc1cccc2c(S(=O)(=O)N(C)c3ccc(C(=O)OCC(N)=O)cc3)cccc12. The first kappa shape index (κ1) is 20.3. The quantitative estimate of drug-likeness (QED) is 0.627. The van der Waals surface area contributed by atoms with Crippen LogP contribution in [0.15, 0.2) is 65.6 Å². The molecule has 3 aromatic rings. The van der Waals surface area contributed by atoms with Crippen LogP contribution in [0.1, 0.15) is 15.9 Å². The normalized spacial score (nSPS) is 11.2. The number of rotatable bonds is 6. The molecule has 0 saturated heterocycles. The smallest absolute Gasteiger partial charge is 0.338 e. The molecule has 0 aromatic heterocycles. The molecule has 0 aliphatic heterocycles. The van der Waals surface area contributed by atoms with Crippen molar-refractivity contribution in [3.63, 3.8) is 0 Å². The van der Waals surface area contributed by atoms with Crippen molar-refractivity contribution in [2.45, 2.75) is 11.8 Å². The second kappa shape index (κ2) is 7.92. The molecule has 0 unspecified atom stereocenters. The number of primary amides is 1. The number of benzene rings is 3. The second-order valence-corrected chi connectivity index (χ2v) is 8.43. The van der Waals surface area contributed by atoms with Crippen LogP contribution in [-0.4, -0.2) is 33.9 Å². The minimum atomic E-state index is -3.83. The molecular weight excluding hydrogens is 392 g/mol. The summed E-state index contributed by atoms with van der Waals surface area (Å²) in [5.74, 6) is -1.48. The Labute approximate surface area is 168 Å². The predicted octanol–water partition coefficient (Wildman–Crippen LogP) is 2.62. The summed E-state index contributed by atoms with van der Waals surface area (Å²) in [4.78, 5) is 22.8. The van der Waals surface area contributed by atoms with Crippen molar-refractivity contribution < 1.29 is 22.7 Å². The Balaban J connectivity index is 1.92. The van der Waals surface area contributed by atoms with Crippen molar-refractivity contribution in [1.82, 2.24) is 0 Å². The summed E-state index contributed by atoms with van der Waals surface area (Å²) in [7, 11) is -2.39. The summed E-state index contributed by atoms with van der Waals surface area (Å²) in [6.45, 7) is 1.41. The first-order valence-corrected chi connectivity index (χ1v) is 10.2. The highest BCUT2D eigenvalue weighted by Gasteiger charge is 2.24. The van der Waals surface area contributed by atoms with E-state index in [-0.39, 0.29) is 10.5 Å². The zero-order valence-electron chi connectivity index (χ0n) is 16.0. The lowest BCUT2D eigenvalue weighted by molar-refractivity contribution is -0.121. The number of fused-ring (bicyclic) bond motifs is 1. The monoisotopic (exact) mass is 412 g/mol. The molecule has 0 atom stereocenters. The standard InChI is InChI=1S/C21H20N2O5S/c1-14-5-3-7-18-17(14)6-4-8-19(18)29(26,27)23(2)16-11-9-15(10-12-16)21(25)28-13-20(22)24/h3-12H,13H2,1-2H3,(H2,22,24). The van der Waals surface area contributed by atoms with E-state index in [1.54, 1.807) is 18.2 Å². The summed E-state index contributed by atoms with van der Waals surface area (Å²) in [5, 5.41) is 1.51.